The molecule has 3 aromatic rings. The lowest BCUT2D eigenvalue weighted by Crippen LogP contribution is -2.17. The largest absolute Gasteiger partial charge is 0.493 e. The smallest absolute Gasteiger partial charge is 0.267 e. The first-order valence-electron chi connectivity index (χ1n) is 8.55. The summed E-state index contributed by atoms with van der Waals surface area (Å²) in [7, 11) is 3.02. The second kappa shape index (κ2) is 8.46. The minimum absolute atomic E-state index is 0.226. The summed E-state index contributed by atoms with van der Waals surface area (Å²) in [6, 6.07) is 6.54. The van der Waals surface area contributed by atoms with E-state index in [9.17, 15) is 18.4 Å². The zero-order valence-electron chi connectivity index (χ0n) is 16.2. The normalized spacial score (nSPS) is 10.6. The van der Waals surface area contributed by atoms with Crippen LogP contribution in [0.15, 0.2) is 30.3 Å². The highest BCUT2D eigenvalue weighted by atomic mass is 32.1. The number of nitrogens with zero attached hydrogens (tertiary/aromatic N) is 1. The van der Waals surface area contributed by atoms with E-state index in [1.54, 1.807) is 25.1 Å². The van der Waals surface area contributed by atoms with Gasteiger partial charge in [-0.3, -0.25) is 9.59 Å². The molecule has 10 heteroatoms. The molecule has 3 rings (SSSR count). The molecule has 7 nitrogen and oxygen atoms in total. The highest BCUT2D eigenvalue weighted by Crippen LogP contribution is 2.35. The summed E-state index contributed by atoms with van der Waals surface area (Å²) < 4.78 is 38.2. The molecule has 0 aliphatic heterocycles. The number of aromatic nitrogens is 1. The molecule has 0 saturated heterocycles. The standard InChI is InChI=1S/C20H17F2N3O4S/c1-9-17(19(27)25-14-7-11(18(23)26)12(21)8-13(14)22)30-20(24-9)10-4-5-15(28-2)16(6-10)29-3/h4-8H,1-3H3,(H2,23,26)(H,25,27). The summed E-state index contributed by atoms with van der Waals surface area (Å²) in [6.45, 7) is 1.63. The Morgan fingerprint density at radius 3 is 2.40 bits per heavy atom. The van der Waals surface area contributed by atoms with Crippen molar-refractivity contribution >= 4 is 28.8 Å². The number of primary amides is 1. The summed E-state index contributed by atoms with van der Waals surface area (Å²) in [5.41, 5.74) is 5.29. The van der Waals surface area contributed by atoms with Gasteiger partial charge < -0.3 is 20.5 Å². The number of amides is 2. The van der Waals surface area contributed by atoms with Crippen LogP contribution >= 0.6 is 11.3 Å². The van der Waals surface area contributed by atoms with Crippen molar-refractivity contribution in [1.82, 2.24) is 4.98 Å². The third-order valence-electron chi connectivity index (χ3n) is 4.20. The summed E-state index contributed by atoms with van der Waals surface area (Å²) in [5, 5.41) is 2.87. The van der Waals surface area contributed by atoms with Crippen LogP contribution in [-0.4, -0.2) is 31.0 Å². The minimum Gasteiger partial charge on any atom is -0.493 e. The van der Waals surface area contributed by atoms with Gasteiger partial charge >= 0.3 is 0 Å². The average Bonchev–Trinajstić information content (AvgIpc) is 3.10. The molecule has 0 bridgehead atoms. The molecule has 1 heterocycles. The number of aryl methyl sites for hydroxylation is 1. The predicted octanol–water partition coefficient (Wildman–Crippen LogP) is 3.77. The third-order valence-corrected chi connectivity index (χ3v) is 5.41. The number of hydrogen-bond donors (Lipinski definition) is 2. The van der Waals surface area contributed by atoms with Crippen LogP contribution in [0.2, 0.25) is 0 Å². The molecule has 30 heavy (non-hydrogen) atoms. The number of thiazole rings is 1. The van der Waals surface area contributed by atoms with Gasteiger partial charge in [-0.05, 0) is 31.2 Å². The average molecular weight is 433 g/mol. The van der Waals surface area contributed by atoms with Crippen LogP contribution in [0.1, 0.15) is 25.7 Å². The zero-order chi connectivity index (χ0) is 22.0. The van der Waals surface area contributed by atoms with E-state index in [4.69, 9.17) is 15.2 Å². The van der Waals surface area contributed by atoms with Crippen LogP contribution in [-0.2, 0) is 0 Å². The second-order valence-corrected chi connectivity index (χ2v) is 7.13. The van der Waals surface area contributed by atoms with Gasteiger partial charge in [0, 0.05) is 11.6 Å². The first-order valence-corrected chi connectivity index (χ1v) is 9.36. The molecule has 0 radical (unpaired) electrons. The molecule has 3 N–H and O–H groups in total. The molecule has 0 unspecified atom stereocenters. The van der Waals surface area contributed by atoms with Gasteiger partial charge in [0.15, 0.2) is 11.5 Å². The lowest BCUT2D eigenvalue weighted by atomic mass is 10.1. The van der Waals surface area contributed by atoms with E-state index >= 15 is 0 Å². The van der Waals surface area contributed by atoms with Crippen LogP contribution in [0.5, 0.6) is 11.5 Å². The van der Waals surface area contributed by atoms with E-state index in [2.05, 4.69) is 10.3 Å². The van der Waals surface area contributed by atoms with E-state index in [1.165, 1.54) is 14.2 Å². The van der Waals surface area contributed by atoms with Gasteiger partial charge in [0.05, 0.1) is 31.2 Å². The Bertz CT molecular complexity index is 1150. The number of halogens is 2. The molecule has 0 aliphatic rings. The van der Waals surface area contributed by atoms with Crippen LogP contribution in [0, 0.1) is 18.6 Å². The van der Waals surface area contributed by atoms with Crippen molar-refractivity contribution in [1.29, 1.82) is 0 Å². The van der Waals surface area contributed by atoms with Crippen LogP contribution in [0.25, 0.3) is 10.6 Å². The van der Waals surface area contributed by atoms with Crippen LogP contribution in [0.4, 0.5) is 14.5 Å². The van der Waals surface area contributed by atoms with Crippen LogP contribution in [0.3, 0.4) is 0 Å². The Kier molecular flexibility index (Phi) is 5.97. The number of hydrogen-bond acceptors (Lipinski definition) is 6. The number of carbonyl (C=O) groups is 2. The molecule has 0 fully saturated rings. The molecule has 1 aromatic heterocycles. The summed E-state index contributed by atoms with van der Waals surface area (Å²) >= 11 is 1.08. The molecule has 0 saturated carbocycles. The second-order valence-electron chi connectivity index (χ2n) is 6.13. The first kappa shape index (κ1) is 21.2. The maximum atomic E-state index is 14.1. The summed E-state index contributed by atoms with van der Waals surface area (Å²) in [4.78, 5) is 28.5. The Morgan fingerprint density at radius 1 is 1.07 bits per heavy atom. The number of rotatable bonds is 6. The Hall–Kier alpha value is -3.53. The number of nitrogens with one attached hydrogen (secondary N) is 1. The van der Waals surface area contributed by atoms with Crippen molar-refractivity contribution in [2.24, 2.45) is 5.73 Å². The first-order chi connectivity index (χ1) is 14.2. The van der Waals surface area contributed by atoms with E-state index in [1.807, 2.05) is 0 Å². The maximum Gasteiger partial charge on any atom is 0.267 e. The fraction of sp³-hybridized carbons (Fsp3) is 0.150. The fourth-order valence-corrected chi connectivity index (χ4v) is 3.67. The minimum atomic E-state index is -1.11. The number of methoxy groups -OCH3 is 2. The fourth-order valence-electron chi connectivity index (χ4n) is 2.71. The van der Waals surface area contributed by atoms with Gasteiger partial charge in [-0.15, -0.1) is 11.3 Å². The Labute approximate surface area is 174 Å². The highest BCUT2D eigenvalue weighted by Gasteiger charge is 2.20. The van der Waals surface area contributed by atoms with Crippen molar-refractivity contribution in [2.75, 3.05) is 19.5 Å². The molecule has 0 aliphatic carbocycles. The molecule has 0 spiro atoms. The Balaban J connectivity index is 1.92. The number of anilines is 1. The van der Waals surface area contributed by atoms with Crippen molar-refractivity contribution in [3.8, 4) is 22.1 Å². The molecule has 156 valence electrons. The van der Waals surface area contributed by atoms with E-state index in [0.717, 1.165) is 17.4 Å². The van der Waals surface area contributed by atoms with Crippen molar-refractivity contribution in [3.63, 3.8) is 0 Å². The zero-order valence-corrected chi connectivity index (χ0v) is 17.0. The van der Waals surface area contributed by atoms with E-state index in [0.29, 0.717) is 33.8 Å². The number of carbonyl (C=O) groups excluding carboxylic acids is 2. The molecular weight excluding hydrogens is 416 g/mol. The molecule has 2 amide bonds. The lowest BCUT2D eigenvalue weighted by Gasteiger charge is -2.08. The van der Waals surface area contributed by atoms with E-state index < -0.39 is 29.0 Å². The monoisotopic (exact) mass is 433 g/mol. The molecule has 2 aromatic carbocycles. The van der Waals surface area contributed by atoms with Crippen molar-refractivity contribution < 1.29 is 27.8 Å². The number of benzene rings is 2. The SMILES string of the molecule is COc1ccc(-c2nc(C)c(C(=O)Nc3cc(C(N)=O)c(F)cc3F)s2)cc1OC. The van der Waals surface area contributed by atoms with Gasteiger partial charge in [-0.25, -0.2) is 13.8 Å². The quantitative estimate of drug-likeness (QED) is 0.616. The molecule has 0 atom stereocenters. The summed E-state index contributed by atoms with van der Waals surface area (Å²) in [5.74, 6) is -2.83. The number of ether oxygens (including phenoxy) is 2. The Morgan fingerprint density at radius 2 is 1.77 bits per heavy atom. The van der Waals surface area contributed by atoms with Gasteiger partial charge in [0.1, 0.15) is 21.5 Å². The lowest BCUT2D eigenvalue weighted by molar-refractivity contribution is 0.0992. The van der Waals surface area contributed by atoms with E-state index in [-0.39, 0.29) is 10.6 Å². The van der Waals surface area contributed by atoms with Crippen molar-refractivity contribution in [2.45, 2.75) is 6.92 Å². The molecular formula is C20H17F2N3O4S. The maximum absolute atomic E-state index is 14.1. The van der Waals surface area contributed by atoms with Crippen molar-refractivity contribution in [3.05, 3.63) is 58.1 Å². The van der Waals surface area contributed by atoms with Crippen LogP contribution < -0.4 is 20.5 Å². The van der Waals surface area contributed by atoms with Gasteiger partial charge in [-0.2, -0.15) is 0 Å². The van der Waals surface area contributed by atoms with Gasteiger partial charge in [0.2, 0.25) is 0 Å². The van der Waals surface area contributed by atoms with Gasteiger partial charge in [0.25, 0.3) is 11.8 Å². The number of nitrogens with two attached hydrogens (primary N) is 1. The highest BCUT2D eigenvalue weighted by molar-refractivity contribution is 7.17. The summed E-state index contributed by atoms with van der Waals surface area (Å²) in [6.07, 6.45) is 0. The van der Waals surface area contributed by atoms with Gasteiger partial charge in [-0.1, -0.05) is 0 Å². The third kappa shape index (κ3) is 4.08. The predicted molar refractivity (Wildman–Crippen MR) is 108 cm³/mol. The topological polar surface area (TPSA) is 104 Å².